The van der Waals surface area contributed by atoms with Crippen LogP contribution in [0.3, 0.4) is 0 Å². The number of aliphatic hydroxyl groups is 1. The first kappa shape index (κ1) is 39.7. The number of urea groups is 1. The highest BCUT2D eigenvalue weighted by Crippen LogP contribution is 2.47. The van der Waals surface area contributed by atoms with Crippen molar-refractivity contribution in [3.63, 3.8) is 0 Å². The third kappa shape index (κ3) is 11.9. The number of rotatable bonds is 16. The zero-order chi connectivity index (χ0) is 34.9. The van der Waals surface area contributed by atoms with Crippen molar-refractivity contribution in [2.75, 3.05) is 39.8 Å². The molecule has 4 N–H and O–H groups in total. The largest absolute Gasteiger partial charge is 0.480 e. The number of methoxy groups -OCH3 is 1. The Morgan fingerprint density at radius 3 is 2.45 bits per heavy atom. The summed E-state index contributed by atoms with van der Waals surface area (Å²) in [6, 6.07) is -1.47. The summed E-state index contributed by atoms with van der Waals surface area (Å²) in [6.07, 6.45) is 8.13. The number of epoxide rings is 1. The Balaban J connectivity index is 1.42. The Morgan fingerprint density at radius 1 is 1.15 bits per heavy atom. The van der Waals surface area contributed by atoms with E-state index in [4.69, 9.17) is 14.2 Å². The van der Waals surface area contributed by atoms with E-state index in [-0.39, 0.29) is 67.1 Å². The highest BCUT2D eigenvalue weighted by molar-refractivity contribution is 14.1. The van der Waals surface area contributed by atoms with E-state index in [1.165, 1.54) is 0 Å². The topological polar surface area (TPSA) is 153 Å². The number of carbonyl (C=O) groups excluding carboxylic acids is 2. The first-order valence-corrected chi connectivity index (χ1v) is 18.0. The quantitative estimate of drug-likeness (QED) is 0.0792. The fourth-order valence-electron chi connectivity index (χ4n) is 7.04. The number of nitrogens with zero attached hydrogens (tertiary/aromatic N) is 2. The maximum absolute atomic E-state index is 12.7. The first-order chi connectivity index (χ1) is 22.1. The number of aliphatic carboxylic acids is 1. The molecule has 47 heavy (non-hydrogen) atoms. The first-order valence-electron chi connectivity index (χ1n) is 17.0. The molecule has 0 spiro atoms. The number of carbonyl (C=O) groups is 3. The van der Waals surface area contributed by atoms with Crippen LogP contribution in [0.5, 0.6) is 0 Å². The number of ether oxygens (including phenoxy) is 3. The Bertz CT molecular complexity index is 1110. The summed E-state index contributed by atoms with van der Waals surface area (Å²) in [6.45, 7) is 15.0. The summed E-state index contributed by atoms with van der Waals surface area (Å²) in [5.41, 5.74) is 0.862. The van der Waals surface area contributed by atoms with Crippen LogP contribution < -0.4 is 10.6 Å². The Morgan fingerprint density at radius 2 is 1.83 bits per heavy atom. The average molecular weight is 777 g/mol. The third-order valence-electron chi connectivity index (χ3n) is 9.74. The van der Waals surface area contributed by atoms with E-state index in [9.17, 15) is 24.6 Å². The van der Waals surface area contributed by atoms with Gasteiger partial charge in [-0.15, -0.1) is 0 Å². The van der Waals surface area contributed by atoms with Crippen LogP contribution >= 0.6 is 22.9 Å². The Labute approximate surface area is 294 Å². The van der Waals surface area contributed by atoms with Crippen molar-refractivity contribution in [3.05, 3.63) is 23.8 Å². The average Bonchev–Trinajstić information content (AvgIpc) is 3.67. The van der Waals surface area contributed by atoms with Crippen LogP contribution in [0.2, 0.25) is 0 Å². The molecule has 0 aliphatic carbocycles. The van der Waals surface area contributed by atoms with Crippen molar-refractivity contribution < 1.29 is 38.8 Å². The van der Waals surface area contributed by atoms with Gasteiger partial charge in [0.2, 0.25) is 5.91 Å². The van der Waals surface area contributed by atoms with Crippen LogP contribution in [0.4, 0.5) is 4.79 Å². The molecule has 0 unspecified atom stereocenters. The van der Waals surface area contributed by atoms with Gasteiger partial charge in [-0.25, -0.2) is 12.7 Å². The molecule has 3 saturated heterocycles. The summed E-state index contributed by atoms with van der Waals surface area (Å²) in [5, 5.41) is 25.1. The molecule has 268 valence electrons. The highest BCUT2D eigenvalue weighted by Gasteiger charge is 2.56. The van der Waals surface area contributed by atoms with Crippen molar-refractivity contribution >= 4 is 40.8 Å². The number of carboxylic acids is 1. The zero-order valence-electron chi connectivity index (χ0n) is 29.1. The maximum Gasteiger partial charge on any atom is 0.326 e. The van der Waals surface area contributed by atoms with Gasteiger partial charge in [0.05, 0.1) is 42.5 Å². The molecule has 0 aromatic heterocycles. The lowest BCUT2D eigenvalue weighted by Gasteiger charge is -2.35. The lowest BCUT2D eigenvalue weighted by Crippen LogP contribution is -2.53. The molecule has 3 amide bonds. The lowest BCUT2D eigenvalue weighted by molar-refractivity contribution is -0.139. The van der Waals surface area contributed by atoms with Crippen LogP contribution in [-0.4, -0.2) is 118 Å². The standard InChI is InChI=1S/C34H57IN4O8/c1-21(20-34(6)31(47-34)24(4)30(45-7)25(5)40)9-8-10-22(2)29-23(3)11-12-26(46-29)19-28(41)36-14-13-27(32(42)43)37-33(44)38-15-17-39(35)18-16-38/h8-10,21,23-27,29-31,40H,11-20H2,1-7H3,(H,36,41)(H,37,44)(H,42,43)/b9-8+,22-10+/t21-,23+,24-,25-,26-,27+,29-,30-,31-,34-/m1/s1. The molecule has 0 bridgehead atoms. The van der Waals surface area contributed by atoms with Crippen LogP contribution in [0.1, 0.15) is 73.6 Å². The second-order valence-corrected chi connectivity index (χ2v) is 15.3. The Hall–Kier alpha value is -1.78. The van der Waals surface area contributed by atoms with E-state index in [2.05, 4.69) is 89.5 Å². The van der Waals surface area contributed by atoms with Gasteiger partial charge in [-0.05, 0) is 63.9 Å². The number of hydrogen-bond acceptors (Lipinski definition) is 8. The van der Waals surface area contributed by atoms with Gasteiger partial charge in [0.25, 0.3) is 0 Å². The number of carboxylic acid groups (broad SMARTS) is 1. The van der Waals surface area contributed by atoms with Gasteiger partial charge >= 0.3 is 12.0 Å². The third-order valence-corrected chi connectivity index (χ3v) is 10.7. The molecule has 3 rings (SSSR count). The zero-order valence-corrected chi connectivity index (χ0v) is 31.3. The number of piperazine rings is 1. The summed E-state index contributed by atoms with van der Waals surface area (Å²) >= 11 is 2.21. The molecule has 12 nitrogen and oxygen atoms in total. The molecular formula is C34H57IN4O8. The maximum atomic E-state index is 12.7. The van der Waals surface area contributed by atoms with E-state index < -0.39 is 24.1 Å². The van der Waals surface area contributed by atoms with E-state index in [1.54, 1.807) is 18.9 Å². The van der Waals surface area contributed by atoms with Crippen LogP contribution in [-0.2, 0) is 23.8 Å². The smallest absolute Gasteiger partial charge is 0.326 e. The van der Waals surface area contributed by atoms with Crippen LogP contribution in [0.25, 0.3) is 0 Å². The number of nitrogens with one attached hydrogen (secondary N) is 2. The van der Waals surface area contributed by atoms with Gasteiger partial charge in [-0.2, -0.15) is 0 Å². The fraction of sp³-hybridized carbons (Fsp3) is 0.794. The highest BCUT2D eigenvalue weighted by atomic mass is 127. The number of allylic oxidation sites excluding steroid dienone is 3. The molecular weight excluding hydrogens is 719 g/mol. The van der Waals surface area contributed by atoms with Crippen molar-refractivity contribution in [2.45, 2.75) is 116 Å². The number of aliphatic hydroxyl groups excluding tert-OH is 1. The predicted octanol–water partition coefficient (Wildman–Crippen LogP) is 3.92. The second-order valence-electron chi connectivity index (χ2n) is 13.9. The molecule has 3 fully saturated rings. The normalized spacial score (nSPS) is 30.3. The van der Waals surface area contributed by atoms with E-state index in [0.717, 1.165) is 37.9 Å². The van der Waals surface area contributed by atoms with Gasteiger partial charge in [-0.3, -0.25) is 4.79 Å². The molecule has 0 radical (unpaired) electrons. The van der Waals surface area contributed by atoms with Crippen molar-refractivity contribution in [2.24, 2.45) is 17.8 Å². The molecule has 0 saturated carbocycles. The van der Waals surface area contributed by atoms with Gasteiger partial charge in [-0.1, -0.05) is 39.0 Å². The predicted molar refractivity (Wildman–Crippen MR) is 188 cm³/mol. The molecule has 3 heterocycles. The van der Waals surface area contributed by atoms with Gasteiger partial charge in [0, 0.05) is 68.6 Å². The van der Waals surface area contributed by atoms with Gasteiger partial charge in [0.1, 0.15) is 6.04 Å². The summed E-state index contributed by atoms with van der Waals surface area (Å²) in [4.78, 5) is 38.7. The number of hydrogen-bond donors (Lipinski definition) is 4. The fourth-order valence-corrected chi connectivity index (χ4v) is 7.47. The Kier molecular flexibility index (Phi) is 15.4. The van der Waals surface area contributed by atoms with Crippen molar-refractivity contribution in [3.8, 4) is 0 Å². The van der Waals surface area contributed by atoms with E-state index in [0.29, 0.717) is 19.0 Å². The monoisotopic (exact) mass is 776 g/mol. The molecule has 13 heteroatoms. The van der Waals surface area contributed by atoms with Crippen LogP contribution in [0.15, 0.2) is 23.8 Å². The summed E-state index contributed by atoms with van der Waals surface area (Å²) < 4.78 is 20.1. The molecule has 0 aromatic carbocycles. The SMILES string of the molecule is CO[C@H]([C@@H](C)[C@H]1O[C@]1(C)C[C@H](C)/C=C/C=C(\C)[C@H]1O[C@@H](CC(=O)NCC[C@H](NC(=O)N2CCN(I)CC2)C(=O)O)CC[C@@H]1C)[C@@H](C)O. The number of halogens is 1. The molecule has 3 aliphatic heterocycles. The second kappa shape index (κ2) is 18.3. The minimum atomic E-state index is -1.12. The minimum absolute atomic E-state index is 0.0483. The summed E-state index contributed by atoms with van der Waals surface area (Å²) in [5.74, 6) is -0.624. The van der Waals surface area contributed by atoms with Gasteiger partial charge < -0.3 is 40.0 Å². The van der Waals surface area contributed by atoms with E-state index in [1.807, 2.05) is 0 Å². The molecule has 10 atom stereocenters. The van der Waals surface area contributed by atoms with Gasteiger partial charge in [0.15, 0.2) is 0 Å². The summed E-state index contributed by atoms with van der Waals surface area (Å²) in [7, 11) is 1.63. The van der Waals surface area contributed by atoms with Crippen molar-refractivity contribution in [1.82, 2.24) is 18.6 Å². The number of amides is 3. The molecule has 3 aliphatic rings. The lowest BCUT2D eigenvalue weighted by atomic mass is 9.85. The van der Waals surface area contributed by atoms with Crippen LogP contribution in [0, 0.1) is 17.8 Å². The molecule has 0 aromatic rings. The van der Waals surface area contributed by atoms with E-state index >= 15 is 0 Å². The minimum Gasteiger partial charge on any atom is -0.480 e. The van der Waals surface area contributed by atoms with Crippen molar-refractivity contribution in [1.29, 1.82) is 0 Å².